The molecule has 1 N–H and O–H groups in total. The van der Waals surface area contributed by atoms with E-state index in [9.17, 15) is 4.39 Å². The van der Waals surface area contributed by atoms with E-state index in [1.54, 1.807) is 12.1 Å². The molecule has 3 rings (SSSR count). The van der Waals surface area contributed by atoms with Crippen molar-refractivity contribution >= 4 is 33.4 Å². The van der Waals surface area contributed by atoms with Crippen LogP contribution in [0.5, 0.6) is 0 Å². The SMILES string of the molecule is Fc1ccc(NC2CSCc3ccccc32)cc1Br. The third kappa shape index (κ3) is 2.79. The molecule has 1 aliphatic heterocycles. The van der Waals surface area contributed by atoms with Crippen LogP contribution in [0.2, 0.25) is 0 Å². The summed E-state index contributed by atoms with van der Waals surface area (Å²) in [6.45, 7) is 0. The van der Waals surface area contributed by atoms with Crippen LogP contribution in [-0.4, -0.2) is 5.75 Å². The second-order valence-electron chi connectivity index (χ2n) is 4.54. The zero-order valence-electron chi connectivity index (χ0n) is 10.2. The lowest BCUT2D eigenvalue weighted by Crippen LogP contribution is -2.18. The normalized spacial score (nSPS) is 17.9. The van der Waals surface area contributed by atoms with Crippen molar-refractivity contribution in [3.05, 3.63) is 63.9 Å². The van der Waals surface area contributed by atoms with Gasteiger partial charge in [0.2, 0.25) is 0 Å². The Morgan fingerprint density at radius 1 is 1.21 bits per heavy atom. The fourth-order valence-electron chi connectivity index (χ4n) is 2.29. The first-order chi connectivity index (χ1) is 9.24. The van der Waals surface area contributed by atoms with Crippen molar-refractivity contribution in [2.45, 2.75) is 11.8 Å². The number of anilines is 1. The van der Waals surface area contributed by atoms with Crippen LogP contribution in [0.15, 0.2) is 46.9 Å². The van der Waals surface area contributed by atoms with Gasteiger partial charge in [0.15, 0.2) is 0 Å². The number of benzene rings is 2. The molecule has 1 unspecified atom stereocenters. The van der Waals surface area contributed by atoms with E-state index in [4.69, 9.17) is 0 Å². The molecular weight excluding hydrogens is 325 g/mol. The average Bonchev–Trinajstić information content (AvgIpc) is 2.43. The molecule has 98 valence electrons. The third-order valence-electron chi connectivity index (χ3n) is 3.23. The standard InChI is InChI=1S/C15H13BrFNS/c16-13-7-11(5-6-14(13)17)18-15-9-19-8-10-3-1-2-4-12(10)15/h1-7,15,18H,8-9H2. The smallest absolute Gasteiger partial charge is 0.137 e. The molecule has 0 fully saturated rings. The molecular formula is C15H13BrFNS. The number of rotatable bonds is 2. The van der Waals surface area contributed by atoms with Gasteiger partial charge in [-0.05, 0) is 45.3 Å². The molecule has 0 aliphatic carbocycles. The summed E-state index contributed by atoms with van der Waals surface area (Å²) < 4.78 is 13.7. The van der Waals surface area contributed by atoms with E-state index in [1.807, 2.05) is 11.8 Å². The summed E-state index contributed by atoms with van der Waals surface area (Å²) in [5.74, 6) is 1.87. The Morgan fingerprint density at radius 2 is 2.05 bits per heavy atom. The maximum Gasteiger partial charge on any atom is 0.137 e. The fraction of sp³-hybridized carbons (Fsp3) is 0.200. The number of hydrogen-bond donors (Lipinski definition) is 1. The highest BCUT2D eigenvalue weighted by molar-refractivity contribution is 9.10. The van der Waals surface area contributed by atoms with Crippen molar-refractivity contribution in [2.24, 2.45) is 0 Å². The molecule has 0 saturated heterocycles. The summed E-state index contributed by atoms with van der Waals surface area (Å²) in [6, 6.07) is 13.8. The highest BCUT2D eigenvalue weighted by Crippen LogP contribution is 2.34. The topological polar surface area (TPSA) is 12.0 Å². The van der Waals surface area contributed by atoms with Crippen LogP contribution in [0, 0.1) is 5.82 Å². The third-order valence-corrected chi connectivity index (χ3v) is 4.92. The number of hydrogen-bond acceptors (Lipinski definition) is 2. The monoisotopic (exact) mass is 337 g/mol. The van der Waals surface area contributed by atoms with Crippen molar-refractivity contribution in [3.8, 4) is 0 Å². The maximum absolute atomic E-state index is 13.2. The Hall–Kier alpha value is -1.00. The number of thioether (sulfide) groups is 1. The lowest BCUT2D eigenvalue weighted by atomic mass is 10.0. The Balaban J connectivity index is 1.86. The van der Waals surface area contributed by atoms with E-state index in [-0.39, 0.29) is 11.9 Å². The second kappa shape index (κ2) is 5.55. The maximum atomic E-state index is 13.2. The van der Waals surface area contributed by atoms with E-state index < -0.39 is 0 Å². The molecule has 0 aromatic heterocycles. The lowest BCUT2D eigenvalue weighted by Gasteiger charge is -2.27. The molecule has 0 radical (unpaired) electrons. The molecule has 0 spiro atoms. The lowest BCUT2D eigenvalue weighted by molar-refractivity contribution is 0.621. The van der Waals surface area contributed by atoms with Crippen LogP contribution >= 0.6 is 27.7 Å². The molecule has 0 saturated carbocycles. The van der Waals surface area contributed by atoms with Gasteiger partial charge in [0.25, 0.3) is 0 Å². The highest BCUT2D eigenvalue weighted by Gasteiger charge is 2.19. The van der Waals surface area contributed by atoms with Gasteiger partial charge in [-0.3, -0.25) is 0 Å². The minimum Gasteiger partial charge on any atom is -0.377 e. The Bertz CT molecular complexity index is 602. The van der Waals surface area contributed by atoms with Gasteiger partial charge in [-0.25, -0.2) is 4.39 Å². The first-order valence-electron chi connectivity index (χ1n) is 6.11. The highest BCUT2D eigenvalue weighted by atomic mass is 79.9. The van der Waals surface area contributed by atoms with Crippen molar-refractivity contribution in [3.63, 3.8) is 0 Å². The van der Waals surface area contributed by atoms with Gasteiger partial charge in [-0.15, -0.1) is 0 Å². The van der Waals surface area contributed by atoms with Crippen LogP contribution in [0.3, 0.4) is 0 Å². The van der Waals surface area contributed by atoms with Crippen molar-refractivity contribution in [2.75, 3.05) is 11.1 Å². The quantitative estimate of drug-likeness (QED) is 0.828. The zero-order valence-corrected chi connectivity index (χ0v) is 12.6. The summed E-state index contributed by atoms with van der Waals surface area (Å²) in [5.41, 5.74) is 3.68. The van der Waals surface area contributed by atoms with Gasteiger partial charge < -0.3 is 5.32 Å². The van der Waals surface area contributed by atoms with Crippen molar-refractivity contribution in [1.82, 2.24) is 0 Å². The summed E-state index contributed by atoms with van der Waals surface area (Å²) in [6.07, 6.45) is 0. The molecule has 1 atom stereocenters. The Morgan fingerprint density at radius 3 is 2.89 bits per heavy atom. The zero-order chi connectivity index (χ0) is 13.2. The van der Waals surface area contributed by atoms with Gasteiger partial charge in [0.05, 0.1) is 10.5 Å². The van der Waals surface area contributed by atoms with Crippen molar-refractivity contribution in [1.29, 1.82) is 0 Å². The largest absolute Gasteiger partial charge is 0.377 e. The summed E-state index contributed by atoms with van der Waals surface area (Å²) in [7, 11) is 0. The number of halogens is 2. The number of nitrogens with one attached hydrogen (secondary N) is 1. The van der Waals surface area contributed by atoms with Gasteiger partial charge in [0, 0.05) is 17.2 Å². The molecule has 0 amide bonds. The predicted octanol–water partition coefficient (Wildman–Crippen LogP) is 4.99. The van der Waals surface area contributed by atoms with Crippen LogP contribution in [0.4, 0.5) is 10.1 Å². The Labute approximate surface area is 124 Å². The molecule has 0 bridgehead atoms. The number of fused-ring (bicyclic) bond motifs is 1. The predicted molar refractivity (Wildman–Crippen MR) is 83.1 cm³/mol. The minimum atomic E-state index is -0.232. The van der Waals surface area contributed by atoms with E-state index >= 15 is 0 Å². The molecule has 1 nitrogen and oxygen atoms in total. The molecule has 19 heavy (non-hydrogen) atoms. The van der Waals surface area contributed by atoms with Crippen molar-refractivity contribution < 1.29 is 4.39 Å². The van der Waals surface area contributed by atoms with E-state index in [1.165, 1.54) is 17.2 Å². The van der Waals surface area contributed by atoms with Crippen LogP contribution in [-0.2, 0) is 5.75 Å². The molecule has 1 aliphatic rings. The first kappa shape index (κ1) is 13.0. The Kier molecular flexibility index (Phi) is 3.80. The van der Waals surface area contributed by atoms with Gasteiger partial charge in [-0.2, -0.15) is 11.8 Å². The van der Waals surface area contributed by atoms with Crippen LogP contribution in [0.25, 0.3) is 0 Å². The summed E-state index contributed by atoms with van der Waals surface area (Å²) in [5, 5.41) is 3.49. The minimum absolute atomic E-state index is 0.232. The fourth-order valence-corrected chi connectivity index (χ4v) is 3.77. The average molecular weight is 338 g/mol. The van der Waals surface area contributed by atoms with Gasteiger partial charge in [-0.1, -0.05) is 24.3 Å². The molecule has 2 aromatic carbocycles. The molecule has 4 heteroatoms. The molecule has 1 heterocycles. The second-order valence-corrected chi connectivity index (χ2v) is 6.42. The van der Waals surface area contributed by atoms with Crippen LogP contribution < -0.4 is 5.32 Å². The first-order valence-corrected chi connectivity index (χ1v) is 8.06. The molecule has 2 aromatic rings. The van der Waals surface area contributed by atoms with E-state index in [0.29, 0.717) is 4.47 Å². The van der Waals surface area contributed by atoms with Gasteiger partial charge in [0.1, 0.15) is 5.82 Å². The van der Waals surface area contributed by atoms with Crippen LogP contribution in [0.1, 0.15) is 17.2 Å². The summed E-state index contributed by atoms with van der Waals surface area (Å²) >= 11 is 5.15. The van der Waals surface area contributed by atoms with E-state index in [0.717, 1.165) is 17.2 Å². The van der Waals surface area contributed by atoms with E-state index in [2.05, 4.69) is 45.5 Å². The summed E-state index contributed by atoms with van der Waals surface area (Å²) in [4.78, 5) is 0. The van der Waals surface area contributed by atoms with Gasteiger partial charge >= 0.3 is 0 Å².